The van der Waals surface area contributed by atoms with E-state index in [-0.39, 0.29) is 5.25 Å². The lowest BCUT2D eigenvalue weighted by molar-refractivity contribution is -0.141. The Hall–Kier alpha value is -1.16. The lowest BCUT2D eigenvalue weighted by atomic mass is 10.1. The molecular weight excluding hydrogens is 212 g/mol. The van der Waals surface area contributed by atoms with Gasteiger partial charge in [-0.25, -0.2) is 0 Å². The van der Waals surface area contributed by atoms with Crippen molar-refractivity contribution in [1.29, 1.82) is 0 Å². The van der Waals surface area contributed by atoms with Gasteiger partial charge in [0.1, 0.15) is 0 Å². The maximum Gasteiger partial charge on any atom is 0.307 e. The molecule has 0 saturated heterocycles. The summed E-state index contributed by atoms with van der Waals surface area (Å²) >= 11 is 0. The van der Waals surface area contributed by atoms with Gasteiger partial charge in [-0.05, 0) is 19.1 Å². The zero-order valence-corrected chi connectivity index (χ0v) is 9.53. The second-order valence-corrected chi connectivity index (χ2v) is 5.25. The first-order valence-corrected chi connectivity index (χ1v) is 5.93. The molecule has 1 aromatic carbocycles. The first kappa shape index (κ1) is 11.9. The van der Waals surface area contributed by atoms with Crippen molar-refractivity contribution in [2.45, 2.75) is 24.0 Å². The van der Waals surface area contributed by atoms with Crippen LogP contribution in [-0.2, 0) is 15.6 Å². The van der Waals surface area contributed by atoms with E-state index in [2.05, 4.69) is 0 Å². The van der Waals surface area contributed by atoms with Crippen molar-refractivity contribution in [1.82, 2.24) is 0 Å². The van der Waals surface area contributed by atoms with Crippen molar-refractivity contribution >= 4 is 16.8 Å². The molecule has 3 unspecified atom stereocenters. The van der Waals surface area contributed by atoms with E-state index >= 15 is 0 Å². The van der Waals surface area contributed by atoms with Crippen LogP contribution in [0.15, 0.2) is 35.2 Å². The van der Waals surface area contributed by atoms with Crippen LogP contribution < -0.4 is 0 Å². The van der Waals surface area contributed by atoms with Crippen LogP contribution in [0.1, 0.15) is 13.8 Å². The monoisotopic (exact) mass is 226 g/mol. The topological polar surface area (TPSA) is 54.4 Å². The molecule has 1 rings (SSSR count). The molecule has 3 nitrogen and oxygen atoms in total. The van der Waals surface area contributed by atoms with Crippen molar-refractivity contribution in [2.24, 2.45) is 5.92 Å². The number of rotatable bonds is 4. The van der Waals surface area contributed by atoms with Crippen LogP contribution in [0.3, 0.4) is 0 Å². The summed E-state index contributed by atoms with van der Waals surface area (Å²) in [7, 11) is -1.26. The molecule has 1 aromatic rings. The minimum Gasteiger partial charge on any atom is -0.481 e. The number of hydrogen-bond acceptors (Lipinski definition) is 2. The van der Waals surface area contributed by atoms with E-state index in [0.29, 0.717) is 4.90 Å². The molecule has 0 aliphatic heterocycles. The van der Waals surface area contributed by atoms with Gasteiger partial charge in [0.05, 0.1) is 16.7 Å². The van der Waals surface area contributed by atoms with Gasteiger partial charge >= 0.3 is 5.97 Å². The molecule has 0 fully saturated rings. The standard InChI is InChI=1S/C11H14O3S/c1-8(11(12)13)9(2)15(14)10-6-4-3-5-7-10/h3-9H,1-2H3,(H,12,13). The van der Waals surface area contributed by atoms with Gasteiger partial charge < -0.3 is 5.11 Å². The van der Waals surface area contributed by atoms with E-state index in [9.17, 15) is 9.00 Å². The van der Waals surface area contributed by atoms with Crippen molar-refractivity contribution < 1.29 is 14.1 Å². The molecule has 0 aliphatic rings. The number of carboxylic acid groups (broad SMARTS) is 1. The second kappa shape index (κ2) is 5.07. The van der Waals surface area contributed by atoms with Crippen molar-refractivity contribution in [3.63, 3.8) is 0 Å². The Morgan fingerprint density at radius 2 is 1.80 bits per heavy atom. The number of carboxylic acids is 1. The van der Waals surface area contributed by atoms with Gasteiger partial charge in [0.2, 0.25) is 0 Å². The largest absolute Gasteiger partial charge is 0.481 e. The second-order valence-electron chi connectivity index (χ2n) is 3.44. The summed E-state index contributed by atoms with van der Waals surface area (Å²) in [6.07, 6.45) is 0. The third kappa shape index (κ3) is 2.89. The predicted molar refractivity (Wildman–Crippen MR) is 59.1 cm³/mol. The Morgan fingerprint density at radius 1 is 1.27 bits per heavy atom. The molecule has 0 aromatic heterocycles. The van der Waals surface area contributed by atoms with Crippen LogP contribution >= 0.6 is 0 Å². The molecule has 0 saturated carbocycles. The molecule has 0 heterocycles. The molecular formula is C11H14O3S. The highest BCUT2D eigenvalue weighted by molar-refractivity contribution is 7.85. The number of benzene rings is 1. The average Bonchev–Trinajstić information content (AvgIpc) is 2.27. The van der Waals surface area contributed by atoms with Gasteiger partial charge in [-0.2, -0.15) is 0 Å². The van der Waals surface area contributed by atoms with Crippen molar-refractivity contribution in [3.05, 3.63) is 30.3 Å². The fraction of sp³-hybridized carbons (Fsp3) is 0.364. The van der Waals surface area contributed by atoms with Crippen LogP contribution in [-0.4, -0.2) is 20.5 Å². The maximum atomic E-state index is 11.9. The fourth-order valence-electron chi connectivity index (χ4n) is 1.16. The third-order valence-corrected chi connectivity index (χ3v) is 4.23. The molecule has 15 heavy (non-hydrogen) atoms. The molecule has 0 amide bonds. The Kier molecular flexibility index (Phi) is 4.03. The van der Waals surface area contributed by atoms with Crippen LogP contribution in [0.5, 0.6) is 0 Å². The van der Waals surface area contributed by atoms with Crippen molar-refractivity contribution in [2.75, 3.05) is 0 Å². The summed E-state index contributed by atoms with van der Waals surface area (Å²) in [5.41, 5.74) is 0. The minimum absolute atomic E-state index is 0.384. The fourth-order valence-corrected chi connectivity index (χ4v) is 2.50. The van der Waals surface area contributed by atoms with Gasteiger partial charge in [-0.15, -0.1) is 0 Å². The number of hydrogen-bond donors (Lipinski definition) is 1. The number of carbonyl (C=O) groups is 1. The molecule has 0 bridgehead atoms. The molecule has 1 N–H and O–H groups in total. The van der Waals surface area contributed by atoms with Gasteiger partial charge in [-0.1, -0.05) is 25.1 Å². The zero-order chi connectivity index (χ0) is 11.4. The number of aliphatic carboxylic acids is 1. The summed E-state index contributed by atoms with van der Waals surface area (Å²) < 4.78 is 11.9. The van der Waals surface area contributed by atoms with Gasteiger partial charge in [0, 0.05) is 10.1 Å². The Balaban J connectivity index is 2.82. The zero-order valence-electron chi connectivity index (χ0n) is 8.71. The summed E-state index contributed by atoms with van der Waals surface area (Å²) in [5, 5.41) is 8.43. The molecule has 3 atom stereocenters. The van der Waals surface area contributed by atoms with E-state index in [1.54, 1.807) is 38.1 Å². The van der Waals surface area contributed by atoms with Crippen LogP contribution in [0.4, 0.5) is 0 Å². The Bertz CT molecular complexity index is 361. The predicted octanol–water partition coefficient (Wildman–Crippen LogP) is 1.90. The van der Waals surface area contributed by atoms with Crippen LogP contribution in [0.25, 0.3) is 0 Å². The van der Waals surface area contributed by atoms with Gasteiger partial charge in [0.25, 0.3) is 0 Å². The highest BCUT2D eigenvalue weighted by Crippen LogP contribution is 2.17. The first-order valence-electron chi connectivity index (χ1n) is 4.72. The SMILES string of the molecule is CC(C(=O)O)C(C)S(=O)c1ccccc1. The van der Waals surface area contributed by atoms with Gasteiger partial charge in [0.15, 0.2) is 0 Å². The van der Waals surface area contributed by atoms with Gasteiger partial charge in [-0.3, -0.25) is 9.00 Å². The lowest BCUT2D eigenvalue weighted by Crippen LogP contribution is -2.26. The lowest BCUT2D eigenvalue weighted by Gasteiger charge is -2.15. The molecule has 4 heteroatoms. The Labute approximate surface area is 91.6 Å². The quantitative estimate of drug-likeness (QED) is 0.853. The Morgan fingerprint density at radius 3 is 2.27 bits per heavy atom. The van der Waals surface area contributed by atoms with E-state index < -0.39 is 22.7 Å². The maximum absolute atomic E-state index is 11.9. The molecule has 0 spiro atoms. The van der Waals surface area contributed by atoms with E-state index in [1.165, 1.54) is 0 Å². The minimum atomic E-state index is -1.26. The van der Waals surface area contributed by atoms with Crippen LogP contribution in [0, 0.1) is 5.92 Å². The summed E-state index contributed by atoms with van der Waals surface area (Å²) in [4.78, 5) is 11.4. The van der Waals surface area contributed by atoms with Crippen molar-refractivity contribution in [3.8, 4) is 0 Å². The van der Waals surface area contributed by atoms with Crippen LogP contribution in [0.2, 0.25) is 0 Å². The molecule has 82 valence electrons. The van der Waals surface area contributed by atoms with E-state index in [4.69, 9.17) is 5.11 Å². The highest BCUT2D eigenvalue weighted by atomic mass is 32.2. The molecule has 0 aliphatic carbocycles. The first-order chi connectivity index (χ1) is 7.04. The summed E-state index contributed by atoms with van der Waals surface area (Å²) in [5.74, 6) is -1.52. The summed E-state index contributed by atoms with van der Waals surface area (Å²) in [6.45, 7) is 3.27. The van der Waals surface area contributed by atoms with E-state index in [1.807, 2.05) is 6.07 Å². The molecule has 0 radical (unpaired) electrons. The van der Waals surface area contributed by atoms with E-state index in [0.717, 1.165) is 0 Å². The normalized spacial score (nSPS) is 16.7. The highest BCUT2D eigenvalue weighted by Gasteiger charge is 2.25. The smallest absolute Gasteiger partial charge is 0.307 e. The average molecular weight is 226 g/mol. The third-order valence-electron chi connectivity index (χ3n) is 2.41. The summed E-state index contributed by atoms with van der Waals surface area (Å²) in [6, 6.07) is 8.94.